The highest BCUT2D eigenvalue weighted by Crippen LogP contribution is 2.14. The van der Waals surface area contributed by atoms with Crippen LogP contribution in [0.4, 0.5) is 0 Å². The molecule has 2 unspecified atom stereocenters. The summed E-state index contributed by atoms with van der Waals surface area (Å²) < 4.78 is 0. The minimum Gasteiger partial charge on any atom is -0.328 e. The van der Waals surface area contributed by atoms with Crippen molar-refractivity contribution in [3.05, 3.63) is 0 Å². The van der Waals surface area contributed by atoms with Gasteiger partial charge in [0.2, 0.25) is 5.91 Å². The summed E-state index contributed by atoms with van der Waals surface area (Å²) in [6.07, 6.45) is 0.894. The smallest absolute Gasteiger partial charge is 0.240 e. The monoisotopic (exact) mass is 198 g/mol. The zero-order valence-electron chi connectivity index (χ0n) is 9.71. The van der Waals surface area contributed by atoms with Crippen molar-refractivity contribution in [3.8, 4) is 0 Å². The summed E-state index contributed by atoms with van der Waals surface area (Å²) in [7, 11) is 0. The minimum absolute atomic E-state index is 0.0642. The van der Waals surface area contributed by atoms with Crippen molar-refractivity contribution >= 4 is 5.91 Å². The van der Waals surface area contributed by atoms with Gasteiger partial charge in [0.25, 0.3) is 0 Å². The molecule has 0 bridgehead atoms. The maximum absolute atomic E-state index is 11.8. The molecule has 0 spiro atoms. The average molecular weight is 198 g/mol. The molecule has 14 heavy (non-hydrogen) atoms. The molecule has 3 nitrogen and oxygen atoms in total. The van der Waals surface area contributed by atoms with Crippen molar-refractivity contribution in [2.75, 3.05) is 13.2 Å². The lowest BCUT2D eigenvalue weighted by Gasteiger charge is -2.22. The van der Waals surface area contributed by atoms with E-state index < -0.39 is 0 Å². The van der Waals surface area contributed by atoms with Crippen molar-refractivity contribution in [2.24, 2.45) is 11.8 Å². The second-order valence-electron chi connectivity index (χ2n) is 4.61. The number of carbonyl (C=O) groups excluding carboxylic acids is 1. The molecule has 2 atom stereocenters. The fourth-order valence-corrected chi connectivity index (χ4v) is 1.64. The highest BCUT2D eigenvalue weighted by Gasteiger charge is 2.30. The maximum Gasteiger partial charge on any atom is 0.240 e. The number of nitrogens with zero attached hydrogens (tertiary/aromatic N) is 1. The van der Waals surface area contributed by atoms with Gasteiger partial charge in [-0.05, 0) is 18.3 Å². The Morgan fingerprint density at radius 3 is 2.57 bits per heavy atom. The second-order valence-corrected chi connectivity index (χ2v) is 4.61. The largest absolute Gasteiger partial charge is 0.328 e. The van der Waals surface area contributed by atoms with E-state index in [1.807, 2.05) is 11.8 Å². The normalized spacial score (nSPS) is 24.8. The van der Waals surface area contributed by atoms with Gasteiger partial charge in [0.1, 0.15) is 0 Å². The van der Waals surface area contributed by atoms with Crippen LogP contribution in [0.1, 0.15) is 34.1 Å². The Morgan fingerprint density at radius 2 is 2.14 bits per heavy atom. The molecule has 0 radical (unpaired) electrons. The van der Waals surface area contributed by atoms with E-state index in [1.54, 1.807) is 0 Å². The van der Waals surface area contributed by atoms with Crippen molar-refractivity contribution in [3.63, 3.8) is 0 Å². The Kier molecular flexibility index (Phi) is 3.93. The van der Waals surface area contributed by atoms with Gasteiger partial charge in [0, 0.05) is 6.54 Å². The molecular weight excluding hydrogens is 176 g/mol. The quantitative estimate of drug-likeness (QED) is 0.741. The Hall–Kier alpha value is -0.570. The number of hydrogen-bond acceptors (Lipinski definition) is 2. The maximum atomic E-state index is 11.8. The summed E-state index contributed by atoms with van der Waals surface area (Å²) in [4.78, 5) is 13.7. The first-order chi connectivity index (χ1) is 6.56. The van der Waals surface area contributed by atoms with Gasteiger partial charge in [-0.2, -0.15) is 0 Å². The Bertz CT molecular complexity index is 203. The third kappa shape index (κ3) is 2.47. The van der Waals surface area contributed by atoms with Gasteiger partial charge in [-0.25, -0.2) is 0 Å². The van der Waals surface area contributed by atoms with E-state index in [9.17, 15) is 4.79 Å². The molecule has 0 aliphatic carbocycles. The Balaban J connectivity index is 2.44. The molecule has 82 valence electrons. The lowest BCUT2D eigenvalue weighted by Crippen LogP contribution is -2.34. The Morgan fingerprint density at radius 1 is 1.50 bits per heavy atom. The predicted octanol–water partition coefficient (Wildman–Crippen LogP) is 1.45. The molecule has 1 N–H and O–H groups in total. The number of hydrogen-bond donors (Lipinski definition) is 1. The standard InChI is InChI=1S/C11H22N2O/c1-5-10-11(14)13(7-12-10)6-9(4)8(2)3/h8-10,12H,5-7H2,1-4H3. The number of amides is 1. The number of rotatable bonds is 4. The molecule has 3 heteroatoms. The fraction of sp³-hybridized carbons (Fsp3) is 0.909. The molecule has 0 aromatic rings. The summed E-state index contributed by atoms with van der Waals surface area (Å²) in [6, 6.07) is 0.0642. The van der Waals surface area contributed by atoms with Gasteiger partial charge in [-0.3, -0.25) is 10.1 Å². The summed E-state index contributed by atoms with van der Waals surface area (Å²) >= 11 is 0. The van der Waals surface area contributed by atoms with Crippen LogP contribution in [0.3, 0.4) is 0 Å². The molecule has 0 aromatic carbocycles. The topological polar surface area (TPSA) is 32.3 Å². The predicted molar refractivity (Wildman–Crippen MR) is 57.8 cm³/mol. The van der Waals surface area contributed by atoms with Gasteiger partial charge in [-0.15, -0.1) is 0 Å². The Labute approximate surface area is 86.9 Å². The van der Waals surface area contributed by atoms with E-state index in [0.717, 1.165) is 19.6 Å². The van der Waals surface area contributed by atoms with Crippen LogP contribution in [0, 0.1) is 11.8 Å². The van der Waals surface area contributed by atoms with Crippen molar-refractivity contribution in [1.82, 2.24) is 10.2 Å². The van der Waals surface area contributed by atoms with Crippen molar-refractivity contribution in [2.45, 2.75) is 40.2 Å². The lowest BCUT2D eigenvalue weighted by atomic mass is 9.97. The van der Waals surface area contributed by atoms with Gasteiger partial charge in [0.15, 0.2) is 0 Å². The SMILES string of the molecule is CCC1NCN(CC(C)C(C)C)C1=O. The molecule has 1 aliphatic rings. The molecule has 1 fully saturated rings. The van der Waals surface area contributed by atoms with E-state index in [4.69, 9.17) is 0 Å². The molecule has 1 aliphatic heterocycles. The van der Waals surface area contributed by atoms with Crippen molar-refractivity contribution < 1.29 is 4.79 Å². The van der Waals surface area contributed by atoms with Gasteiger partial charge < -0.3 is 4.90 Å². The molecule has 1 heterocycles. The third-order valence-electron chi connectivity index (χ3n) is 3.19. The molecular formula is C11H22N2O. The van der Waals surface area contributed by atoms with Gasteiger partial charge in [0.05, 0.1) is 12.7 Å². The van der Waals surface area contributed by atoms with Crippen LogP contribution in [0.25, 0.3) is 0 Å². The van der Waals surface area contributed by atoms with Crippen LogP contribution in [-0.2, 0) is 4.79 Å². The summed E-state index contributed by atoms with van der Waals surface area (Å²) in [6.45, 7) is 10.3. The first kappa shape index (κ1) is 11.5. The lowest BCUT2D eigenvalue weighted by molar-refractivity contribution is -0.129. The zero-order valence-corrected chi connectivity index (χ0v) is 9.71. The summed E-state index contributed by atoms with van der Waals surface area (Å²) in [5.41, 5.74) is 0. The summed E-state index contributed by atoms with van der Waals surface area (Å²) in [5.74, 6) is 1.50. The fourth-order valence-electron chi connectivity index (χ4n) is 1.64. The molecule has 0 saturated carbocycles. The zero-order chi connectivity index (χ0) is 10.7. The molecule has 1 amide bonds. The first-order valence-corrected chi connectivity index (χ1v) is 5.58. The van der Waals surface area contributed by atoms with Gasteiger partial charge in [-0.1, -0.05) is 27.7 Å². The van der Waals surface area contributed by atoms with E-state index in [-0.39, 0.29) is 11.9 Å². The van der Waals surface area contributed by atoms with E-state index in [2.05, 4.69) is 26.1 Å². The highest BCUT2D eigenvalue weighted by molar-refractivity contribution is 5.83. The van der Waals surface area contributed by atoms with E-state index >= 15 is 0 Å². The molecule has 0 aromatic heterocycles. The third-order valence-corrected chi connectivity index (χ3v) is 3.19. The van der Waals surface area contributed by atoms with Crippen LogP contribution in [0.5, 0.6) is 0 Å². The number of nitrogens with one attached hydrogen (secondary N) is 1. The molecule has 1 saturated heterocycles. The minimum atomic E-state index is 0.0642. The highest BCUT2D eigenvalue weighted by atomic mass is 16.2. The van der Waals surface area contributed by atoms with Crippen LogP contribution in [0.2, 0.25) is 0 Å². The van der Waals surface area contributed by atoms with Crippen LogP contribution in [-0.4, -0.2) is 30.1 Å². The molecule has 1 rings (SSSR count). The second kappa shape index (κ2) is 4.78. The van der Waals surface area contributed by atoms with Gasteiger partial charge >= 0.3 is 0 Å². The van der Waals surface area contributed by atoms with E-state index in [0.29, 0.717) is 11.8 Å². The number of carbonyl (C=O) groups is 1. The van der Waals surface area contributed by atoms with Crippen LogP contribution >= 0.6 is 0 Å². The van der Waals surface area contributed by atoms with Crippen LogP contribution in [0.15, 0.2) is 0 Å². The van der Waals surface area contributed by atoms with E-state index in [1.165, 1.54) is 0 Å². The van der Waals surface area contributed by atoms with Crippen molar-refractivity contribution in [1.29, 1.82) is 0 Å². The average Bonchev–Trinajstić information content (AvgIpc) is 2.47. The van der Waals surface area contributed by atoms with Crippen LogP contribution < -0.4 is 5.32 Å². The first-order valence-electron chi connectivity index (χ1n) is 5.58. The summed E-state index contributed by atoms with van der Waals surface area (Å²) in [5, 5.41) is 3.23.